The fraction of sp³-hybridized carbons (Fsp3) is 0.316. The summed E-state index contributed by atoms with van der Waals surface area (Å²) in [5.74, 6) is 2.00. The van der Waals surface area contributed by atoms with E-state index >= 15 is 0 Å². The van der Waals surface area contributed by atoms with Gasteiger partial charge >= 0.3 is 0 Å². The van der Waals surface area contributed by atoms with Gasteiger partial charge in [0.15, 0.2) is 5.78 Å². The third-order valence-corrected chi connectivity index (χ3v) is 4.15. The molecule has 1 aliphatic heterocycles. The quantitative estimate of drug-likeness (QED) is 0.867. The van der Waals surface area contributed by atoms with Gasteiger partial charge in [-0.3, -0.25) is 4.79 Å². The summed E-state index contributed by atoms with van der Waals surface area (Å²) in [6.07, 6.45) is 1.86. The highest BCUT2D eigenvalue weighted by Gasteiger charge is 2.23. The molecule has 2 aromatic carbocycles. The van der Waals surface area contributed by atoms with E-state index in [1.165, 1.54) is 0 Å². The molecule has 22 heavy (non-hydrogen) atoms. The zero-order valence-corrected chi connectivity index (χ0v) is 12.8. The van der Waals surface area contributed by atoms with E-state index in [-0.39, 0.29) is 11.7 Å². The molecule has 3 rings (SSSR count). The van der Waals surface area contributed by atoms with Crippen molar-refractivity contribution < 1.29 is 9.53 Å². The summed E-state index contributed by atoms with van der Waals surface area (Å²) < 4.78 is 5.82. The fourth-order valence-corrected chi connectivity index (χ4v) is 2.90. The van der Waals surface area contributed by atoms with Crippen LogP contribution >= 0.6 is 0 Å². The highest BCUT2D eigenvalue weighted by molar-refractivity contribution is 5.99. The summed E-state index contributed by atoms with van der Waals surface area (Å²) in [6, 6.07) is 15.4. The normalized spacial score (nSPS) is 15.5. The van der Waals surface area contributed by atoms with E-state index in [9.17, 15) is 4.79 Å². The van der Waals surface area contributed by atoms with Gasteiger partial charge in [-0.2, -0.15) is 0 Å². The highest BCUT2D eigenvalue weighted by atomic mass is 16.5. The Morgan fingerprint density at radius 3 is 2.45 bits per heavy atom. The molecule has 3 heteroatoms. The van der Waals surface area contributed by atoms with Crippen molar-refractivity contribution in [2.24, 2.45) is 5.92 Å². The van der Waals surface area contributed by atoms with Crippen LogP contribution in [0, 0.1) is 12.8 Å². The molecule has 1 saturated heterocycles. The van der Waals surface area contributed by atoms with Crippen molar-refractivity contribution >= 4 is 5.78 Å². The van der Waals surface area contributed by atoms with Crippen LogP contribution in [-0.2, 0) is 0 Å². The van der Waals surface area contributed by atoms with E-state index < -0.39 is 0 Å². The average molecular weight is 295 g/mol. The van der Waals surface area contributed by atoms with Crippen molar-refractivity contribution in [3.8, 4) is 11.5 Å². The lowest BCUT2D eigenvalue weighted by molar-refractivity contribution is 0.0894. The van der Waals surface area contributed by atoms with Gasteiger partial charge in [-0.25, -0.2) is 0 Å². The smallest absolute Gasteiger partial charge is 0.166 e. The minimum absolute atomic E-state index is 0.154. The van der Waals surface area contributed by atoms with Crippen LogP contribution in [0.2, 0.25) is 0 Å². The second-order valence-corrected chi connectivity index (χ2v) is 5.78. The van der Waals surface area contributed by atoms with E-state index in [1.807, 2.05) is 55.5 Å². The molecule has 0 unspecified atom stereocenters. The van der Waals surface area contributed by atoms with Gasteiger partial charge in [0.25, 0.3) is 0 Å². The van der Waals surface area contributed by atoms with Crippen LogP contribution in [0.1, 0.15) is 28.8 Å². The van der Waals surface area contributed by atoms with Crippen LogP contribution in [0.15, 0.2) is 48.5 Å². The topological polar surface area (TPSA) is 38.3 Å². The lowest BCUT2D eigenvalue weighted by atomic mass is 9.88. The SMILES string of the molecule is Cc1cc(Oc2ccccc2)ccc1C(=O)C1CCNCC1. The Balaban J connectivity index is 1.75. The number of aryl methyl sites for hydroxylation is 1. The van der Waals surface area contributed by atoms with Crippen molar-refractivity contribution in [1.29, 1.82) is 0 Å². The van der Waals surface area contributed by atoms with Gasteiger partial charge in [0.05, 0.1) is 0 Å². The molecule has 1 N–H and O–H groups in total. The number of para-hydroxylation sites is 1. The molecule has 0 atom stereocenters. The van der Waals surface area contributed by atoms with Crippen LogP contribution in [0.5, 0.6) is 11.5 Å². The molecule has 3 nitrogen and oxygen atoms in total. The number of carbonyl (C=O) groups is 1. The van der Waals surface area contributed by atoms with Crippen molar-refractivity contribution in [2.75, 3.05) is 13.1 Å². The first kappa shape index (κ1) is 14.8. The van der Waals surface area contributed by atoms with Gasteiger partial charge < -0.3 is 10.1 Å². The number of nitrogens with one attached hydrogen (secondary N) is 1. The van der Waals surface area contributed by atoms with Gasteiger partial charge in [0.1, 0.15) is 11.5 Å². The van der Waals surface area contributed by atoms with Crippen LogP contribution in [0.4, 0.5) is 0 Å². The van der Waals surface area contributed by atoms with Crippen molar-refractivity contribution in [1.82, 2.24) is 5.32 Å². The van der Waals surface area contributed by atoms with Gasteiger partial charge in [0, 0.05) is 11.5 Å². The number of ether oxygens (including phenoxy) is 1. The second kappa shape index (κ2) is 6.75. The molecule has 0 aromatic heterocycles. The molecule has 1 heterocycles. The lowest BCUT2D eigenvalue weighted by Gasteiger charge is -2.22. The molecule has 114 valence electrons. The molecule has 0 spiro atoms. The molecule has 1 aliphatic rings. The second-order valence-electron chi connectivity index (χ2n) is 5.78. The molecule has 0 amide bonds. The predicted octanol–water partition coefficient (Wildman–Crippen LogP) is 3.97. The van der Waals surface area contributed by atoms with Gasteiger partial charge in [-0.15, -0.1) is 0 Å². The Morgan fingerprint density at radius 1 is 1.05 bits per heavy atom. The Labute approximate surface area is 131 Å². The summed E-state index contributed by atoms with van der Waals surface area (Å²) in [4.78, 5) is 12.6. The van der Waals surface area contributed by atoms with Crippen molar-refractivity contribution in [3.63, 3.8) is 0 Å². The third kappa shape index (κ3) is 3.37. The molecular formula is C19H21NO2. The number of hydrogen-bond donors (Lipinski definition) is 1. The number of rotatable bonds is 4. The molecular weight excluding hydrogens is 274 g/mol. The number of Topliss-reactive ketones (excluding diaryl/α,β-unsaturated/α-hetero) is 1. The van der Waals surface area contributed by atoms with Crippen molar-refractivity contribution in [3.05, 3.63) is 59.7 Å². The minimum Gasteiger partial charge on any atom is -0.457 e. The molecule has 0 saturated carbocycles. The fourth-order valence-electron chi connectivity index (χ4n) is 2.90. The maximum absolute atomic E-state index is 12.6. The highest BCUT2D eigenvalue weighted by Crippen LogP contribution is 2.26. The molecule has 0 bridgehead atoms. The first-order valence-corrected chi connectivity index (χ1v) is 7.82. The predicted molar refractivity (Wildman–Crippen MR) is 87.6 cm³/mol. The van der Waals surface area contributed by atoms with E-state index in [4.69, 9.17) is 4.74 Å². The van der Waals surface area contributed by atoms with Crippen LogP contribution in [0.3, 0.4) is 0 Å². The van der Waals surface area contributed by atoms with Gasteiger partial charge in [0.2, 0.25) is 0 Å². The van der Waals surface area contributed by atoms with Crippen LogP contribution < -0.4 is 10.1 Å². The first-order valence-electron chi connectivity index (χ1n) is 7.82. The maximum Gasteiger partial charge on any atom is 0.166 e. The Bertz CT molecular complexity index is 646. The standard InChI is InChI=1S/C19H21NO2/c1-14-13-17(22-16-5-3-2-4-6-16)7-8-18(14)19(21)15-9-11-20-12-10-15/h2-8,13,15,20H,9-12H2,1H3. The van der Waals surface area contributed by atoms with E-state index in [0.717, 1.165) is 48.6 Å². The third-order valence-electron chi connectivity index (χ3n) is 4.15. The molecule has 1 fully saturated rings. The first-order chi connectivity index (χ1) is 10.7. The number of hydrogen-bond acceptors (Lipinski definition) is 3. The largest absolute Gasteiger partial charge is 0.457 e. The average Bonchev–Trinajstić information content (AvgIpc) is 2.56. The number of benzene rings is 2. The molecule has 2 aromatic rings. The summed E-state index contributed by atoms with van der Waals surface area (Å²) in [6.45, 7) is 3.85. The number of ketones is 1. The van der Waals surface area contributed by atoms with E-state index in [2.05, 4.69) is 5.32 Å². The minimum atomic E-state index is 0.154. The molecule has 0 aliphatic carbocycles. The Hall–Kier alpha value is -2.13. The summed E-state index contributed by atoms with van der Waals surface area (Å²) in [7, 11) is 0. The van der Waals surface area contributed by atoms with Gasteiger partial charge in [-0.05, 0) is 68.8 Å². The summed E-state index contributed by atoms with van der Waals surface area (Å²) >= 11 is 0. The number of carbonyl (C=O) groups excluding carboxylic acids is 1. The zero-order chi connectivity index (χ0) is 15.4. The molecule has 0 radical (unpaired) electrons. The van der Waals surface area contributed by atoms with Crippen LogP contribution in [-0.4, -0.2) is 18.9 Å². The van der Waals surface area contributed by atoms with E-state index in [0.29, 0.717) is 0 Å². The zero-order valence-electron chi connectivity index (χ0n) is 12.8. The number of piperidine rings is 1. The van der Waals surface area contributed by atoms with E-state index in [1.54, 1.807) is 0 Å². The maximum atomic E-state index is 12.6. The Kier molecular flexibility index (Phi) is 4.54. The van der Waals surface area contributed by atoms with Crippen molar-refractivity contribution in [2.45, 2.75) is 19.8 Å². The summed E-state index contributed by atoms with van der Waals surface area (Å²) in [5, 5.41) is 3.30. The summed E-state index contributed by atoms with van der Waals surface area (Å²) in [5.41, 5.74) is 1.81. The monoisotopic (exact) mass is 295 g/mol. The Morgan fingerprint density at radius 2 is 1.77 bits per heavy atom. The lowest BCUT2D eigenvalue weighted by Crippen LogP contribution is -2.32. The van der Waals surface area contributed by atoms with Crippen LogP contribution in [0.25, 0.3) is 0 Å². The van der Waals surface area contributed by atoms with Gasteiger partial charge in [-0.1, -0.05) is 18.2 Å².